The van der Waals surface area contributed by atoms with Crippen LogP contribution in [0.4, 0.5) is 0 Å². The zero-order valence-electron chi connectivity index (χ0n) is 14.7. The van der Waals surface area contributed by atoms with Gasteiger partial charge in [-0.25, -0.2) is 0 Å². The molecule has 2 bridgehead atoms. The number of fused-ring (bicyclic) bond motifs is 2. The third-order valence-electron chi connectivity index (χ3n) is 3.95. The van der Waals surface area contributed by atoms with Crippen molar-refractivity contribution in [3.05, 3.63) is 0 Å². The first-order valence-electron chi connectivity index (χ1n) is 7.78. The van der Waals surface area contributed by atoms with Gasteiger partial charge in [-0.2, -0.15) is 5.06 Å². The van der Waals surface area contributed by atoms with Crippen LogP contribution in [0, 0.1) is 0 Å². The molecule has 2 heterocycles. The highest BCUT2D eigenvalue weighted by molar-refractivity contribution is 5.13. The first-order chi connectivity index (χ1) is 9.47. The normalized spacial score (nSPS) is 37.4. The Hall–Kier alpha value is -0.200. The van der Waals surface area contributed by atoms with Gasteiger partial charge >= 0.3 is 0 Å². The quantitative estimate of drug-likeness (QED) is 0.797. The molecule has 0 radical (unpaired) electrons. The standard InChI is InChI=1S/C16H31NO4/c1-11-12-13(21-15(5,6)7)16(20-11,9-17(12)18-8)10-19-14(2,3)4/h11-13H,9-10H2,1-8H3/t11-,12?,13+,16+/m0/s1. The Balaban J connectivity index is 2.22. The summed E-state index contributed by atoms with van der Waals surface area (Å²) in [4.78, 5) is 5.53. The second-order valence-corrected chi connectivity index (χ2v) is 8.19. The number of nitrogens with zero attached hydrogens (tertiary/aromatic N) is 1. The number of rotatable bonds is 4. The van der Waals surface area contributed by atoms with E-state index in [1.165, 1.54) is 0 Å². The molecule has 2 aliphatic heterocycles. The molecule has 0 saturated carbocycles. The molecule has 2 saturated heterocycles. The van der Waals surface area contributed by atoms with E-state index in [0.717, 1.165) is 0 Å². The Morgan fingerprint density at radius 1 is 1.14 bits per heavy atom. The minimum absolute atomic E-state index is 0.0465. The van der Waals surface area contributed by atoms with Crippen LogP contribution < -0.4 is 0 Å². The molecular weight excluding hydrogens is 270 g/mol. The first-order valence-corrected chi connectivity index (χ1v) is 7.78. The Morgan fingerprint density at radius 2 is 1.76 bits per heavy atom. The fourth-order valence-corrected chi connectivity index (χ4v) is 3.19. The zero-order valence-corrected chi connectivity index (χ0v) is 14.7. The predicted octanol–water partition coefficient (Wildman–Crippen LogP) is 2.39. The summed E-state index contributed by atoms with van der Waals surface area (Å²) < 4.78 is 18.6. The van der Waals surface area contributed by atoms with Crippen molar-refractivity contribution < 1.29 is 19.0 Å². The van der Waals surface area contributed by atoms with Gasteiger partial charge in [-0.3, -0.25) is 0 Å². The van der Waals surface area contributed by atoms with Crippen molar-refractivity contribution in [2.45, 2.75) is 83.5 Å². The maximum absolute atomic E-state index is 6.33. The van der Waals surface area contributed by atoms with E-state index in [1.54, 1.807) is 7.11 Å². The summed E-state index contributed by atoms with van der Waals surface area (Å²) in [7, 11) is 1.71. The first kappa shape index (κ1) is 17.2. The van der Waals surface area contributed by atoms with Gasteiger partial charge in [0, 0.05) is 0 Å². The van der Waals surface area contributed by atoms with E-state index in [4.69, 9.17) is 19.0 Å². The molecule has 2 fully saturated rings. The van der Waals surface area contributed by atoms with Crippen LogP contribution in [-0.4, -0.2) is 60.4 Å². The van der Waals surface area contributed by atoms with Crippen LogP contribution in [0.1, 0.15) is 48.5 Å². The lowest BCUT2D eigenvalue weighted by Gasteiger charge is -2.37. The van der Waals surface area contributed by atoms with Crippen molar-refractivity contribution in [3.63, 3.8) is 0 Å². The molecule has 124 valence electrons. The Morgan fingerprint density at radius 3 is 2.24 bits per heavy atom. The van der Waals surface area contributed by atoms with Crippen LogP contribution in [0.2, 0.25) is 0 Å². The molecule has 21 heavy (non-hydrogen) atoms. The Labute approximate surface area is 128 Å². The van der Waals surface area contributed by atoms with Crippen molar-refractivity contribution in [2.75, 3.05) is 20.3 Å². The van der Waals surface area contributed by atoms with E-state index in [1.807, 2.05) is 5.06 Å². The smallest absolute Gasteiger partial charge is 0.135 e. The molecule has 5 heteroatoms. The monoisotopic (exact) mass is 301 g/mol. The van der Waals surface area contributed by atoms with Gasteiger partial charge in [-0.1, -0.05) is 0 Å². The molecule has 0 spiro atoms. The van der Waals surface area contributed by atoms with Gasteiger partial charge < -0.3 is 19.0 Å². The molecule has 0 N–H and O–H groups in total. The van der Waals surface area contributed by atoms with Gasteiger partial charge in [0.25, 0.3) is 0 Å². The summed E-state index contributed by atoms with van der Waals surface area (Å²) in [5.41, 5.74) is -0.889. The van der Waals surface area contributed by atoms with Crippen molar-refractivity contribution in [3.8, 4) is 0 Å². The molecule has 0 aromatic rings. The van der Waals surface area contributed by atoms with Gasteiger partial charge in [0.2, 0.25) is 0 Å². The van der Waals surface area contributed by atoms with Crippen LogP contribution >= 0.6 is 0 Å². The minimum Gasteiger partial charge on any atom is -0.373 e. The lowest BCUT2D eigenvalue weighted by Crippen LogP contribution is -2.51. The predicted molar refractivity (Wildman–Crippen MR) is 81.1 cm³/mol. The van der Waals surface area contributed by atoms with Gasteiger partial charge in [0.05, 0.1) is 43.6 Å². The maximum atomic E-state index is 6.33. The van der Waals surface area contributed by atoms with Crippen molar-refractivity contribution in [1.82, 2.24) is 5.06 Å². The summed E-state index contributed by atoms with van der Waals surface area (Å²) in [6.45, 7) is 15.7. The van der Waals surface area contributed by atoms with E-state index in [0.29, 0.717) is 13.2 Å². The highest BCUT2D eigenvalue weighted by atomic mass is 16.7. The van der Waals surface area contributed by atoms with Crippen LogP contribution in [0.15, 0.2) is 0 Å². The number of hydrogen-bond acceptors (Lipinski definition) is 5. The molecule has 0 aromatic carbocycles. The Kier molecular flexibility index (Phi) is 4.46. The fraction of sp³-hybridized carbons (Fsp3) is 1.00. The number of morpholine rings is 1. The second kappa shape index (κ2) is 5.46. The molecule has 0 amide bonds. The van der Waals surface area contributed by atoms with E-state index < -0.39 is 5.60 Å². The summed E-state index contributed by atoms with van der Waals surface area (Å²) in [5, 5.41) is 1.98. The van der Waals surface area contributed by atoms with Gasteiger partial charge in [0.1, 0.15) is 11.7 Å². The average molecular weight is 301 g/mol. The van der Waals surface area contributed by atoms with Crippen molar-refractivity contribution in [1.29, 1.82) is 0 Å². The molecule has 2 rings (SSSR count). The lowest BCUT2D eigenvalue weighted by molar-refractivity contribution is -0.228. The molecule has 1 unspecified atom stereocenters. The number of ether oxygens (including phenoxy) is 3. The molecule has 5 nitrogen and oxygen atoms in total. The van der Waals surface area contributed by atoms with E-state index in [2.05, 4.69) is 48.5 Å². The highest BCUT2D eigenvalue weighted by Gasteiger charge is 2.64. The van der Waals surface area contributed by atoms with E-state index >= 15 is 0 Å². The fourth-order valence-electron chi connectivity index (χ4n) is 3.19. The second-order valence-electron chi connectivity index (χ2n) is 8.19. The lowest BCUT2D eigenvalue weighted by atomic mass is 9.97. The minimum atomic E-state index is -0.458. The molecule has 0 aliphatic carbocycles. The summed E-state index contributed by atoms with van der Waals surface area (Å²) in [6.07, 6.45) is 0.0180. The van der Waals surface area contributed by atoms with E-state index in [-0.39, 0.29) is 29.5 Å². The van der Waals surface area contributed by atoms with Crippen LogP contribution in [-0.2, 0) is 19.0 Å². The molecular formula is C16H31NO4. The summed E-state index contributed by atoms with van der Waals surface area (Å²) in [6, 6.07) is 0.109. The number of hydroxylamine groups is 2. The van der Waals surface area contributed by atoms with Gasteiger partial charge in [-0.15, -0.1) is 0 Å². The van der Waals surface area contributed by atoms with E-state index in [9.17, 15) is 0 Å². The third kappa shape index (κ3) is 3.59. The zero-order chi connectivity index (χ0) is 16.1. The molecule has 0 aromatic heterocycles. The summed E-state index contributed by atoms with van der Waals surface area (Å²) >= 11 is 0. The van der Waals surface area contributed by atoms with Crippen LogP contribution in [0.3, 0.4) is 0 Å². The average Bonchev–Trinajstić information content (AvgIpc) is 2.72. The number of hydrogen-bond donors (Lipinski definition) is 0. The third-order valence-corrected chi connectivity index (χ3v) is 3.95. The Bertz CT molecular complexity index is 373. The van der Waals surface area contributed by atoms with Crippen molar-refractivity contribution in [2.24, 2.45) is 0 Å². The van der Waals surface area contributed by atoms with Gasteiger partial charge in [-0.05, 0) is 48.5 Å². The summed E-state index contributed by atoms with van der Waals surface area (Å²) in [5.74, 6) is 0. The topological polar surface area (TPSA) is 40.2 Å². The van der Waals surface area contributed by atoms with Crippen molar-refractivity contribution >= 4 is 0 Å². The van der Waals surface area contributed by atoms with Crippen LogP contribution in [0.5, 0.6) is 0 Å². The molecule has 2 aliphatic rings. The van der Waals surface area contributed by atoms with Crippen LogP contribution in [0.25, 0.3) is 0 Å². The maximum Gasteiger partial charge on any atom is 0.135 e. The largest absolute Gasteiger partial charge is 0.373 e. The highest BCUT2D eigenvalue weighted by Crippen LogP contribution is 2.45. The van der Waals surface area contributed by atoms with Gasteiger partial charge in [0.15, 0.2) is 0 Å². The SMILES string of the molecule is CON1C[C@]2(COC(C)(C)C)O[C@@H](C)C1[C@H]2OC(C)(C)C. The molecule has 4 atom stereocenters.